The molecule has 0 aromatic rings. The van der Waals surface area contributed by atoms with E-state index >= 15 is 0 Å². The maximum absolute atomic E-state index is 9.31. The number of aliphatic hydroxyl groups excluding tert-OH is 1. The van der Waals surface area contributed by atoms with Crippen LogP contribution in [0.1, 0.15) is 34.1 Å². The van der Waals surface area contributed by atoms with Crippen LogP contribution in [0.15, 0.2) is 10.1 Å². The molecular weight excluding hydrogens is 178 g/mol. The predicted octanol–water partition coefficient (Wildman–Crippen LogP) is 1.50. The van der Waals surface area contributed by atoms with Crippen molar-refractivity contribution >= 4 is 12.6 Å². The van der Waals surface area contributed by atoms with Gasteiger partial charge in [-0.1, -0.05) is 0 Å². The van der Waals surface area contributed by atoms with Gasteiger partial charge in [0.05, 0.1) is 6.10 Å². The summed E-state index contributed by atoms with van der Waals surface area (Å²) in [5, 5.41) is 15.0. The van der Waals surface area contributed by atoms with Crippen molar-refractivity contribution in [1.29, 1.82) is 0 Å². The van der Waals surface area contributed by atoms with Crippen LogP contribution >= 0.6 is 0 Å². The Labute approximate surface area is 86.3 Å². The first-order chi connectivity index (χ1) is 6.52. The summed E-state index contributed by atoms with van der Waals surface area (Å²) in [6.07, 6.45) is 0.119. The van der Waals surface area contributed by atoms with Crippen LogP contribution < -0.4 is 0 Å². The highest BCUT2D eigenvalue weighted by molar-refractivity contribution is 5.83. The van der Waals surface area contributed by atoms with Crippen molar-refractivity contribution in [1.82, 2.24) is 5.01 Å². The maximum atomic E-state index is 9.31. The summed E-state index contributed by atoms with van der Waals surface area (Å²) in [4.78, 5) is 4.31. The summed E-state index contributed by atoms with van der Waals surface area (Å²) < 4.78 is 0. The zero-order valence-corrected chi connectivity index (χ0v) is 9.56. The molecule has 0 aliphatic rings. The molecule has 1 N–H and O–H groups in total. The molecule has 0 bridgehead atoms. The molecule has 0 amide bonds. The third-order valence-corrected chi connectivity index (χ3v) is 1.72. The number of hydrogen-bond donors (Lipinski definition) is 1. The predicted molar refractivity (Wildman–Crippen MR) is 60.8 cm³/mol. The van der Waals surface area contributed by atoms with Crippen LogP contribution in [-0.4, -0.2) is 41.4 Å². The second-order valence-corrected chi connectivity index (χ2v) is 3.52. The Hall–Kier alpha value is -0.900. The number of hydrogen-bond acceptors (Lipinski definition) is 3. The fourth-order valence-electron chi connectivity index (χ4n) is 1.22. The van der Waals surface area contributed by atoms with Crippen molar-refractivity contribution < 1.29 is 5.11 Å². The molecule has 0 saturated heterocycles. The number of aliphatic hydroxyl groups is 1. The average molecular weight is 199 g/mol. The molecule has 0 spiro atoms. The van der Waals surface area contributed by atoms with E-state index in [0.29, 0.717) is 13.0 Å². The standard InChI is InChI=1S/C10H21N3O/c1-6-12-10(7-9(4)14)13(11-5)8(2)3/h8-9,14H,5-7H2,1-4H3. The van der Waals surface area contributed by atoms with Crippen LogP contribution in [0.4, 0.5) is 0 Å². The van der Waals surface area contributed by atoms with Crippen LogP contribution in [-0.2, 0) is 0 Å². The van der Waals surface area contributed by atoms with Gasteiger partial charge in [-0.25, -0.2) is 0 Å². The average Bonchev–Trinajstić information content (AvgIpc) is 2.03. The first-order valence-corrected chi connectivity index (χ1v) is 5.00. The van der Waals surface area contributed by atoms with Crippen molar-refractivity contribution in [3.8, 4) is 0 Å². The Morgan fingerprint density at radius 3 is 2.29 bits per heavy atom. The minimum absolute atomic E-state index is 0.219. The van der Waals surface area contributed by atoms with E-state index in [1.807, 2.05) is 20.8 Å². The van der Waals surface area contributed by atoms with Gasteiger partial charge in [-0.3, -0.25) is 10.0 Å². The molecule has 14 heavy (non-hydrogen) atoms. The van der Waals surface area contributed by atoms with Crippen molar-refractivity contribution in [2.45, 2.75) is 46.3 Å². The van der Waals surface area contributed by atoms with Gasteiger partial charge in [0.2, 0.25) is 0 Å². The van der Waals surface area contributed by atoms with Crippen molar-refractivity contribution in [3.63, 3.8) is 0 Å². The van der Waals surface area contributed by atoms with Gasteiger partial charge < -0.3 is 5.11 Å². The first kappa shape index (κ1) is 13.1. The smallest absolute Gasteiger partial charge is 0.122 e. The fraction of sp³-hybridized carbons (Fsp3) is 0.800. The van der Waals surface area contributed by atoms with Crippen molar-refractivity contribution in [3.05, 3.63) is 0 Å². The van der Waals surface area contributed by atoms with E-state index in [4.69, 9.17) is 0 Å². The Kier molecular flexibility index (Phi) is 6.12. The normalized spacial score (nSPS) is 14.3. The van der Waals surface area contributed by atoms with Gasteiger partial charge in [-0.05, 0) is 27.7 Å². The summed E-state index contributed by atoms with van der Waals surface area (Å²) in [5.41, 5.74) is 0. The topological polar surface area (TPSA) is 48.2 Å². The van der Waals surface area contributed by atoms with Gasteiger partial charge in [0.1, 0.15) is 5.84 Å². The lowest BCUT2D eigenvalue weighted by atomic mass is 10.2. The molecule has 1 unspecified atom stereocenters. The monoisotopic (exact) mass is 199 g/mol. The van der Waals surface area contributed by atoms with Gasteiger partial charge in [-0.15, -0.1) is 0 Å². The quantitative estimate of drug-likeness (QED) is 0.414. The zero-order chi connectivity index (χ0) is 11.1. The summed E-state index contributed by atoms with van der Waals surface area (Å²) in [7, 11) is 0. The van der Waals surface area contributed by atoms with Crippen LogP contribution in [0.25, 0.3) is 0 Å². The lowest BCUT2D eigenvalue weighted by Gasteiger charge is -2.25. The molecule has 0 rings (SSSR count). The number of nitrogens with zero attached hydrogens (tertiary/aromatic N) is 3. The van der Waals surface area contributed by atoms with Crippen LogP contribution in [0.3, 0.4) is 0 Å². The van der Waals surface area contributed by atoms with Gasteiger partial charge in [0.15, 0.2) is 0 Å². The van der Waals surface area contributed by atoms with E-state index in [-0.39, 0.29) is 6.04 Å². The van der Waals surface area contributed by atoms with Crippen LogP contribution in [0.2, 0.25) is 0 Å². The van der Waals surface area contributed by atoms with Gasteiger partial charge in [0, 0.05) is 25.7 Å². The van der Waals surface area contributed by atoms with E-state index in [9.17, 15) is 5.11 Å². The highest BCUT2D eigenvalue weighted by Gasteiger charge is 2.14. The maximum Gasteiger partial charge on any atom is 0.122 e. The number of hydrazone groups is 1. The molecule has 0 aromatic carbocycles. The Morgan fingerprint density at radius 2 is 2.00 bits per heavy atom. The lowest BCUT2D eigenvalue weighted by molar-refractivity contribution is 0.196. The first-order valence-electron chi connectivity index (χ1n) is 5.00. The van der Waals surface area contributed by atoms with Gasteiger partial charge in [-0.2, -0.15) is 5.10 Å². The number of aliphatic imine (C=N–C) groups is 1. The highest BCUT2D eigenvalue weighted by atomic mass is 16.3. The van der Waals surface area contributed by atoms with Crippen molar-refractivity contribution in [2.24, 2.45) is 10.1 Å². The van der Waals surface area contributed by atoms with Gasteiger partial charge >= 0.3 is 0 Å². The highest BCUT2D eigenvalue weighted by Crippen LogP contribution is 2.06. The van der Waals surface area contributed by atoms with E-state index in [1.54, 1.807) is 11.9 Å². The molecule has 0 radical (unpaired) electrons. The summed E-state index contributed by atoms with van der Waals surface area (Å²) in [6.45, 7) is 11.9. The largest absolute Gasteiger partial charge is 0.393 e. The van der Waals surface area contributed by atoms with E-state index in [1.165, 1.54) is 0 Å². The molecule has 0 fully saturated rings. The minimum atomic E-state index is -0.400. The van der Waals surface area contributed by atoms with Crippen molar-refractivity contribution in [2.75, 3.05) is 6.54 Å². The third-order valence-electron chi connectivity index (χ3n) is 1.72. The Bertz CT molecular complexity index is 200. The van der Waals surface area contributed by atoms with Gasteiger partial charge in [0.25, 0.3) is 0 Å². The Balaban J connectivity index is 4.61. The fourth-order valence-corrected chi connectivity index (χ4v) is 1.22. The molecular formula is C10H21N3O. The van der Waals surface area contributed by atoms with E-state index < -0.39 is 6.10 Å². The second kappa shape index (κ2) is 6.54. The third kappa shape index (κ3) is 4.37. The molecule has 0 aromatic heterocycles. The second-order valence-electron chi connectivity index (χ2n) is 3.52. The summed E-state index contributed by atoms with van der Waals surface area (Å²) in [5.74, 6) is 0.799. The zero-order valence-electron chi connectivity index (χ0n) is 9.56. The molecule has 1 atom stereocenters. The van der Waals surface area contributed by atoms with Crippen LogP contribution in [0, 0.1) is 0 Å². The molecule has 4 heteroatoms. The number of rotatable bonds is 5. The molecule has 0 heterocycles. The summed E-state index contributed by atoms with van der Waals surface area (Å²) in [6, 6.07) is 0.219. The molecule has 4 nitrogen and oxygen atoms in total. The van der Waals surface area contributed by atoms with E-state index in [0.717, 1.165) is 5.84 Å². The number of amidine groups is 1. The minimum Gasteiger partial charge on any atom is -0.393 e. The molecule has 0 aliphatic carbocycles. The van der Waals surface area contributed by atoms with Crippen LogP contribution in [0.5, 0.6) is 0 Å². The van der Waals surface area contributed by atoms with E-state index in [2.05, 4.69) is 16.8 Å². The summed E-state index contributed by atoms with van der Waals surface area (Å²) >= 11 is 0. The SMILES string of the molecule is C=NN(C(CC(C)O)=NCC)C(C)C. The lowest BCUT2D eigenvalue weighted by Crippen LogP contribution is -2.34. The molecule has 82 valence electrons. The molecule has 0 saturated carbocycles. The Morgan fingerprint density at radius 1 is 1.43 bits per heavy atom. The molecule has 0 aliphatic heterocycles.